The second kappa shape index (κ2) is 4.82. The highest BCUT2D eigenvalue weighted by Gasteiger charge is 2.33. The lowest BCUT2D eigenvalue weighted by molar-refractivity contribution is -0.275. The van der Waals surface area contributed by atoms with E-state index in [1.807, 2.05) is 0 Å². The third-order valence-corrected chi connectivity index (χ3v) is 2.47. The number of ether oxygens (including phenoxy) is 1. The summed E-state index contributed by atoms with van der Waals surface area (Å²) in [5.41, 5.74) is -0.659. The molecule has 0 aliphatic rings. The molecule has 0 amide bonds. The van der Waals surface area contributed by atoms with Crippen molar-refractivity contribution in [1.82, 2.24) is 4.98 Å². The summed E-state index contributed by atoms with van der Waals surface area (Å²) in [7, 11) is 0. The Morgan fingerprint density at radius 1 is 1.25 bits per heavy atom. The average Bonchev–Trinajstić information content (AvgIpc) is 2.09. The van der Waals surface area contributed by atoms with Crippen LogP contribution in [0.15, 0.2) is 15.1 Å². The highest BCUT2D eigenvalue weighted by Crippen LogP contribution is 2.37. The zero-order chi connectivity index (χ0) is 12.5. The van der Waals surface area contributed by atoms with Gasteiger partial charge in [-0.15, -0.1) is 13.2 Å². The molecule has 0 spiro atoms. The fourth-order valence-corrected chi connectivity index (χ4v) is 2.08. The number of nitrogens with zero attached hydrogens (tertiary/aromatic N) is 1. The van der Waals surface area contributed by atoms with Gasteiger partial charge in [0.25, 0.3) is 6.43 Å². The molecule has 0 aliphatic carbocycles. The number of aromatic nitrogens is 1. The van der Waals surface area contributed by atoms with Crippen molar-refractivity contribution in [2.24, 2.45) is 0 Å². The number of alkyl halides is 5. The number of hydrogen-bond donors (Lipinski definition) is 0. The first kappa shape index (κ1) is 13.6. The topological polar surface area (TPSA) is 22.1 Å². The average molecular weight is 371 g/mol. The maximum absolute atomic E-state index is 12.2. The van der Waals surface area contributed by atoms with Gasteiger partial charge in [-0.25, -0.2) is 13.8 Å². The number of pyridine rings is 1. The van der Waals surface area contributed by atoms with Gasteiger partial charge < -0.3 is 4.74 Å². The second-order valence-corrected chi connectivity index (χ2v) is 4.10. The van der Waals surface area contributed by atoms with Crippen molar-refractivity contribution in [3.63, 3.8) is 0 Å². The van der Waals surface area contributed by atoms with Crippen LogP contribution in [0, 0.1) is 0 Å². The van der Waals surface area contributed by atoms with Crippen LogP contribution in [0.3, 0.4) is 0 Å². The van der Waals surface area contributed by atoms with E-state index >= 15 is 0 Å². The molecule has 16 heavy (non-hydrogen) atoms. The number of halogens is 7. The minimum absolute atomic E-state index is 0.262. The van der Waals surface area contributed by atoms with Crippen LogP contribution in [0.5, 0.6) is 5.75 Å². The molecule has 2 nitrogen and oxygen atoms in total. The van der Waals surface area contributed by atoms with E-state index in [-0.39, 0.29) is 4.47 Å². The van der Waals surface area contributed by atoms with Crippen LogP contribution in [0.1, 0.15) is 12.1 Å². The summed E-state index contributed by atoms with van der Waals surface area (Å²) < 4.78 is 63.1. The predicted molar refractivity (Wildman–Crippen MR) is 51.3 cm³/mol. The molecular weight excluding hydrogens is 369 g/mol. The van der Waals surface area contributed by atoms with Gasteiger partial charge in [0.1, 0.15) is 10.3 Å². The molecule has 0 radical (unpaired) electrons. The highest BCUT2D eigenvalue weighted by atomic mass is 79.9. The lowest BCUT2D eigenvalue weighted by Gasteiger charge is -2.12. The molecular formula is C7H2Br2F5NO. The molecule has 90 valence electrons. The lowest BCUT2D eigenvalue weighted by atomic mass is 10.3. The van der Waals surface area contributed by atoms with Crippen molar-refractivity contribution in [2.75, 3.05) is 0 Å². The summed E-state index contributed by atoms with van der Waals surface area (Å²) in [5.74, 6) is -0.697. The maximum Gasteiger partial charge on any atom is 0.573 e. The minimum atomic E-state index is -4.92. The molecule has 1 heterocycles. The Balaban J connectivity index is 3.13. The highest BCUT2D eigenvalue weighted by molar-refractivity contribution is 9.11. The molecule has 0 aromatic carbocycles. The predicted octanol–water partition coefficient (Wildman–Crippen LogP) is 4.44. The Morgan fingerprint density at radius 3 is 2.19 bits per heavy atom. The molecule has 1 aromatic heterocycles. The van der Waals surface area contributed by atoms with Crippen LogP contribution in [0.25, 0.3) is 0 Å². The third kappa shape index (κ3) is 3.55. The van der Waals surface area contributed by atoms with E-state index in [1.54, 1.807) is 0 Å². The largest absolute Gasteiger partial charge is 0.573 e. The van der Waals surface area contributed by atoms with Gasteiger partial charge in [-0.05, 0) is 37.9 Å². The summed E-state index contributed by atoms with van der Waals surface area (Å²) in [6.07, 6.45) is -7.80. The van der Waals surface area contributed by atoms with E-state index in [0.717, 1.165) is 6.07 Å². The molecule has 0 unspecified atom stereocenters. The van der Waals surface area contributed by atoms with Crippen molar-refractivity contribution in [2.45, 2.75) is 12.8 Å². The Bertz CT molecular complexity index is 372. The first-order valence-corrected chi connectivity index (χ1v) is 5.19. The van der Waals surface area contributed by atoms with Crippen molar-refractivity contribution in [1.29, 1.82) is 0 Å². The normalized spacial score (nSPS) is 12.0. The maximum atomic E-state index is 12.2. The standard InChI is InChI=1S/C7H2Br2F5NO/c8-2-1-3(6(10)11)15-5(9)4(2)16-7(12,13)14/h1,6H. The zero-order valence-corrected chi connectivity index (χ0v) is 10.3. The molecule has 0 saturated carbocycles. The van der Waals surface area contributed by atoms with Crippen LogP contribution < -0.4 is 4.74 Å². The van der Waals surface area contributed by atoms with Gasteiger partial charge in [0, 0.05) is 0 Å². The van der Waals surface area contributed by atoms with Crippen LogP contribution in [-0.4, -0.2) is 11.3 Å². The van der Waals surface area contributed by atoms with E-state index in [0.29, 0.717) is 0 Å². The van der Waals surface area contributed by atoms with Crippen molar-refractivity contribution >= 4 is 31.9 Å². The Labute approximate surface area is 103 Å². The molecule has 9 heteroatoms. The summed E-state index contributed by atoms with van der Waals surface area (Å²) in [6.45, 7) is 0. The van der Waals surface area contributed by atoms with Gasteiger partial charge in [-0.2, -0.15) is 0 Å². The molecule has 0 saturated heterocycles. The van der Waals surface area contributed by atoms with E-state index < -0.39 is 28.8 Å². The van der Waals surface area contributed by atoms with Gasteiger partial charge in [-0.1, -0.05) is 0 Å². The van der Waals surface area contributed by atoms with Crippen molar-refractivity contribution < 1.29 is 26.7 Å². The molecule has 1 rings (SSSR count). The third-order valence-electron chi connectivity index (χ3n) is 1.35. The Morgan fingerprint density at radius 2 is 1.81 bits per heavy atom. The fraction of sp³-hybridized carbons (Fsp3) is 0.286. The van der Waals surface area contributed by atoms with Crippen LogP contribution in [0.2, 0.25) is 0 Å². The smallest absolute Gasteiger partial charge is 0.402 e. The Hall–Kier alpha value is -0.440. The molecule has 0 N–H and O–H groups in total. The van der Waals surface area contributed by atoms with Crippen LogP contribution >= 0.6 is 31.9 Å². The quantitative estimate of drug-likeness (QED) is 0.567. The minimum Gasteiger partial charge on any atom is -0.402 e. The van der Waals surface area contributed by atoms with Gasteiger partial charge in [0.05, 0.1) is 4.47 Å². The summed E-state index contributed by atoms with van der Waals surface area (Å²) in [5, 5.41) is 0. The monoisotopic (exact) mass is 369 g/mol. The summed E-state index contributed by atoms with van der Waals surface area (Å²) in [6, 6.07) is 0.760. The molecule has 0 bridgehead atoms. The van der Waals surface area contributed by atoms with Crippen molar-refractivity contribution in [3.05, 3.63) is 20.8 Å². The first-order valence-electron chi connectivity index (χ1n) is 3.60. The lowest BCUT2D eigenvalue weighted by Crippen LogP contribution is -2.18. The van der Waals surface area contributed by atoms with Crippen LogP contribution in [0.4, 0.5) is 22.0 Å². The SMILES string of the molecule is FC(F)c1cc(Br)c(OC(F)(F)F)c(Br)n1. The van der Waals surface area contributed by atoms with E-state index in [2.05, 4.69) is 41.6 Å². The summed E-state index contributed by atoms with van der Waals surface area (Å²) >= 11 is 5.31. The molecule has 1 aromatic rings. The van der Waals surface area contributed by atoms with Gasteiger partial charge in [-0.3, -0.25) is 0 Å². The molecule has 0 aliphatic heterocycles. The molecule has 0 atom stereocenters. The summed E-state index contributed by atoms with van der Waals surface area (Å²) in [4.78, 5) is 3.23. The van der Waals surface area contributed by atoms with Crippen molar-refractivity contribution in [3.8, 4) is 5.75 Å². The first-order chi connectivity index (χ1) is 7.20. The van der Waals surface area contributed by atoms with E-state index in [1.165, 1.54) is 0 Å². The fourth-order valence-electron chi connectivity index (χ4n) is 0.809. The van der Waals surface area contributed by atoms with E-state index in [9.17, 15) is 22.0 Å². The Kier molecular flexibility index (Phi) is 4.11. The van der Waals surface area contributed by atoms with E-state index in [4.69, 9.17) is 0 Å². The van der Waals surface area contributed by atoms with Crippen LogP contribution in [-0.2, 0) is 0 Å². The molecule has 0 fully saturated rings. The number of rotatable bonds is 2. The zero-order valence-electron chi connectivity index (χ0n) is 7.16. The van der Waals surface area contributed by atoms with Gasteiger partial charge in [0.2, 0.25) is 0 Å². The van der Waals surface area contributed by atoms with Gasteiger partial charge >= 0.3 is 6.36 Å². The number of hydrogen-bond acceptors (Lipinski definition) is 2. The second-order valence-electron chi connectivity index (χ2n) is 2.50. The van der Waals surface area contributed by atoms with Gasteiger partial charge in [0.15, 0.2) is 5.75 Å².